The number of halogens is 2. The Bertz CT molecular complexity index is 1280. The topological polar surface area (TPSA) is 86.9 Å². The zero-order chi connectivity index (χ0) is 22.2. The van der Waals surface area contributed by atoms with Crippen molar-refractivity contribution in [2.24, 2.45) is 0 Å². The highest BCUT2D eigenvalue weighted by Crippen LogP contribution is 2.31. The Hall–Kier alpha value is -3.23. The highest BCUT2D eigenvalue weighted by Gasteiger charge is 2.25. The van der Waals surface area contributed by atoms with Gasteiger partial charge in [0.2, 0.25) is 0 Å². The molecule has 2 aromatic heterocycles. The average Bonchev–Trinajstić information content (AvgIpc) is 3.30. The number of hydrogen-bond donors (Lipinski definition) is 3. The number of rotatable bonds is 5. The van der Waals surface area contributed by atoms with Crippen LogP contribution in [0.5, 0.6) is 0 Å². The van der Waals surface area contributed by atoms with Gasteiger partial charge in [0.05, 0.1) is 15.8 Å². The van der Waals surface area contributed by atoms with Crippen LogP contribution in [0.1, 0.15) is 39.4 Å². The lowest BCUT2D eigenvalue weighted by Crippen LogP contribution is -2.40. The Morgan fingerprint density at radius 1 is 1.10 bits per heavy atom. The van der Waals surface area contributed by atoms with Gasteiger partial charge in [0.1, 0.15) is 16.5 Å². The summed E-state index contributed by atoms with van der Waals surface area (Å²) in [5, 5.41) is 13.9. The molecule has 31 heavy (non-hydrogen) atoms. The fourth-order valence-electron chi connectivity index (χ4n) is 3.10. The number of carbonyl (C=O) groups excluding carboxylic acids is 2. The van der Waals surface area contributed by atoms with Gasteiger partial charge in [-0.2, -0.15) is 5.10 Å². The first-order valence-corrected chi connectivity index (χ1v) is 10.6. The van der Waals surface area contributed by atoms with E-state index in [0.29, 0.717) is 31.5 Å². The van der Waals surface area contributed by atoms with Crippen molar-refractivity contribution in [3.63, 3.8) is 0 Å². The Morgan fingerprint density at radius 2 is 1.84 bits per heavy atom. The van der Waals surface area contributed by atoms with Gasteiger partial charge in [-0.15, -0.1) is 11.3 Å². The van der Waals surface area contributed by atoms with Crippen LogP contribution < -0.4 is 10.6 Å². The molecule has 3 N–H and O–H groups in total. The highest BCUT2D eigenvalue weighted by atomic mass is 35.5. The van der Waals surface area contributed by atoms with E-state index in [4.69, 9.17) is 11.6 Å². The lowest BCUT2D eigenvalue weighted by Gasteiger charge is -2.26. The number of thiophene rings is 1. The average molecular weight is 457 g/mol. The first-order valence-electron chi connectivity index (χ1n) is 9.36. The summed E-state index contributed by atoms with van der Waals surface area (Å²) in [5.74, 6) is -0.725. The maximum Gasteiger partial charge on any atom is 0.262 e. The van der Waals surface area contributed by atoms with E-state index in [9.17, 15) is 14.0 Å². The maximum absolute atomic E-state index is 13.1. The second-order valence-electron chi connectivity index (χ2n) is 7.48. The van der Waals surface area contributed by atoms with Crippen molar-refractivity contribution in [2.45, 2.75) is 19.4 Å². The standard InChI is InChI=1S/C22H18ClFN4O2S/c1-22(2,13-4-3-5-14(23)10-13)26-20(30)17-11-16-18(27-28-21(16)31-17)25-19(29)12-6-8-15(24)9-7-12/h3-11H,1-2H3,(H,26,30)(H2,25,27,28,29). The number of hydrogen-bond acceptors (Lipinski definition) is 4. The summed E-state index contributed by atoms with van der Waals surface area (Å²) in [6, 6.07) is 14.2. The predicted octanol–water partition coefficient (Wildman–Crippen LogP) is 5.33. The number of anilines is 1. The number of aromatic nitrogens is 2. The van der Waals surface area contributed by atoms with Crippen molar-refractivity contribution in [3.8, 4) is 0 Å². The van der Waals surface area contributed by atoms with Crippen molar-refractivity contribution in [2.75, 3.05) is 5.32 Å². The van der Waals surface area contributed by atoms with Crippen LogP contribution in [0.4, 0.5) is 10.2 Å². The minimum Gasteiger partial charge on any atom is -0.342 e. The molecular formula is C22H18ClFN4O2S. The normalized spacial score (nSPS) is 11.5. The molecule has 0 aliphatic heterocycles. The zero-order valence-electron chi connectivity index (χ0n) is 16.6. The molecule has 2 amide bonds. The van der Waals surface area contributed by atoms with Gasteiger partial charge in [0.15, 0.2) is 0 Å². The van der Waals surface area contributed by atoms with E-state index in [1.807, 2.05) is 32.0 Å². The van der Waals surface area contributed by atoms with Crippen LogP contribution in [0.15, 0.2) is 54.6 Å². The van der Waals surface area contributed by atoms with E-state index < -0.39 is 17.3 Å². The van der Waals surface area contributed by atoms with Gasteiger partial charge in [-0.3, -0.25) is 14.7 Å². The number of benzene rings is 2. The Balaban J connectivity index is 1.53. The number of H-pyrrole nitrogens is 1. The van der Waals surface area contributed by atoms with Gasteiger partial charge < -0.3 is 10.6 Å². The molecular weight excluding hydrogens is 439 g/mol. The van der Waals surface area contributed by atoms with Gasteiger partial charge in [-0.25, -0.2) is 4.39 Å². The fraction of sp³-hybridized carbons (Fsp3) is 0.136. The fourth-order valence-corrected chi connectivity index (χ4v) is 4.18. The molecule has 0 fully saturated rings. The second-order valence-corrected chi connectivity index (χ2v) is 8.95. The first kappa shape index (κ1) is 21.0. The molecule has 0 spiro atoms. The third-order valence-corrected chi connectivity index (χ3v) is 6.05. The number of amides is 2. The third-order valence-electron chi connectivity index (χ3n) is 4.79. The van der Waals surface area contributed by atoms with Gasteiger partial charge in [-0.05, 0) is 61.9 Å². The quantitative estimate of drug-likeness (QED) is 0.379. The Morgan fingerprint density at radius 3 is 2.55 bits per heavy atom. The lowest BCUT2D eigenvalue weighted by atomic mass is 9.94. The van der Waals surface area contributed by atoms with E-state index in [2.05, 4.69) is 20.8 Å². The van der Waals surface area contributed by atoms with Crippen LogP contribution in [0, 0.1) is 5.82 Å². The Labute approximate surface area is 186 Å². The van der Waals surface area contributed by atoms with Crippen molar-refractivity contribution in [1.29, 1.82) is 0 Å². The summed E-state index contributed by atoms with van der Waals surface area (Å²) in [4.78, 5) is 26.3. The number of carbonyl (C=O) groups is 2. The van der Waals surface area contributed by atoms with Gasteiger partial charge in [0.25, 0.3) is 11.8 Å². The zero-order valence-corrected chi connectivity index (χ0v) is 18.2. The molecule has 4 rings (SSSR count). The largest absolute Gasteiger partial charge is 0.342 e. The summed E-state index contributed by atoms with van der Waals surface area (Å²) in [5.41, 5.74) is 0.540. The second kappa shape index (κ2) is 8.13. The van der Waals surface area contributed by atoms with Crippen molar-refractivity contribution in [3.05, 3.63) is 81.4 Å². The van der Waals surface area contributed by atoms with E-state index in [0.717, 1.165) is 5.56 Å². The number of aromatic amines is 1. The summed E-state index contributed by atoms with van der Waals surface area (Å²) >= 11 is 7.29. The summed E-state index contributed by atoms with van der Waals surface area (Å²) in [6.45, 7) is 3.79. The third kappa shape index (κ3) is 4.45. The van der Waals surface area contributed by atoms with Crippen LogP contribution in [0.2, 0.25) is 5.02 Å². The smallest absolute Gasteiger partial charge is 0.262 e. The molecule has 0 bridgehead atoms. The molecule has 0 saturated carbocycles. The van der Waals surface area contributed by atoms with Gasteiger partial charge >= 0.3 is 0 Å². The molecule has 0 saturated heterocycles. The summed E-state index contributed by atoms with van der Waals surface area (Å²) in [6.07, 6.45) is 0. The monoisotopic (exact) mass is 456 g/mol. The molecule has 0 aliphatic rings. The van der Waals surface area contributed by atoms with Crippen LogP contribution in [0.25, 0.3) is 10.2 Å². The van der Waals surface area contributed by atoms with Gasteiger partial charge in [-0.1, -0.05) is 23.7 Å². The van der Waals surface area contributed by atoms with E-state index in [1.165, 1.54) is 35.6 Å². The van der Waals surface area contributed by atoms with Crippen LogP contribution in [-0.4, -0.2) is 22.0 Å². The number of fused-ring (bicyclic) bond motifs is 1. The molecule has 0 aliphatic carbocycles. The van der Waals surface area contributed by atoms with Crippen LogP contribution in [-0.2, 0) is 5.54 Å². The lowest BCUT2D eigenvalue weighted by molar-refractivity contribution is 0.0915. The molecule has 158 valence electrons. The van der Waals surface area contributed by atoms with Crippen LogP contribution >= 0.6 is 22.9 Å². The minimum absolute atomic E-state index is 0.260. The maximum atomic E-state index is 13.1. The van der Waals surface area contributed by atoms with Crippen molar-refractivity contribution < 1.29 is 14.0 Å². The molecule has 6 nitrogen and oxygen atoms in total. The predicted molar refractivity (Wildman–Crippen MR) is 120 cm³/mol. The molecule has 2 aromatic carbocycles. The molecule has 0 unspecified atom stereocenters. The van der Waals surface area contributed by atoms with Crippen molar-refractivity contribution in [1.82, 2.24) is 15.5 Å². The molecule has 4 aromatic rings. The molecule has 2 heterocycles. The van der Waals surface area contributed by atoms with E-state index >= 15 is 0 Å². The van der Waals surface area contributed by atoms with Crippen LogP contribution in [0.3, 0.4) is 0 Å². The number of nitrogens with zero attached hydrogens (tertiary/aromatic N) is 1. The SMILES string of the molecule is CC(C)(NC(=O)c1cc2c(NC(=O)c3ccc(F)cc3)[nH]nc2s1)c1cccc(Cl)c1. The summed E-state index contributed by atoms with van der Waals surface area (Å²) < 4.78 is 13.1. The van der Waals surface area contributed by atoms with E-state index in [1.54, 1.807) is 12.1 Å². The van der Waals surface area contributed by atoms with E-state index in [-0.39, 0.29) is 5.91 Å². The molecule has 9 heteroatoms. The summed E-state index contributed by atoms with van der Waals surface area (Å²) in [7, 11) is 0. The molecule has 0 atom stereocenters. The Kier molecular flexibility index (Phi) is 5.51. The van der Waals surface area contributed by atoms with Crippen molar-refractivity contribution >= 4 is 50.8 Å². The highest BCUT2D eigenvalue weighted by molar-refractivity contribution is 7.20. The minimum atomic E-state index is -0.644. The number of nitrogens with one attached hydrogen (secondary N) is 3. The first-order chi connectivity index (χ1) is 14.7. The molecule has 0 radical (unpaired) electrons. The van der Waals surface area contributed by atoms with Gasteiger partial charge in [0, 0.05) is 10.6 Å².